The average Bonchev–Trinajstić information content (AvgIpc) is 2.69. The van der Waals surface area contributed by atoms with Crippen LogP contribution in [-0.4, -0.2) is 4.98 Å². The first-order chi connectivity index (χ1) is 7.25. The van der Waals surface area contributed by atoms with Gasteiger partial charge in [-0.05, 0) is 18.2 Å². The van der Waals surface area contributed by atoms with Crippen molar-refractivity contribution in [2.24, 2.45) is 0 Å². The second kappa shape index (κ2) is 4.27. The molecule has 0 saturated heterocycles. The van der Waals surface area contributed by atoms with Crippen molar-refractivity contribution in [2.45, 2.75) is 6.54 Å². The largest absolute Gasteiger partial charge is 0.397 e. The highest BCUT2D eigenvalue weighted by Crippen LogP contribution is 2.20. The van der Waals surface area contributed by atoms with Gasteiger partial charge >= 0.3 is 0 Å². The molecular formula is C10H10FN3S. The molecule has 1 aromatic carbocycles. The van der Waals surface area contributed by atoms with Gasteiger partial charge in [0.15, 0.2) is 0 Å². The van der Waals surface area contributed by atoms with Gasteiger partial charge in [-0.15, -0.1) is 11.3 Å². The highest BCUT2D eigenvalue weighted by atomic mass is 32.1. The topological polar surface area (TPSA) is 50.9 Å². The van der Waals surface area contributed by atoms with Crippen molar-refractivity contribution < 1.29 is 4.39 Å². The van der Waals surface area contributed by atoms with Crippen molar-refractivity contribution >= 4 is 22.7 Å². The normalized spacial score (nSPS) is 10.2. The Labute approximate surface area is 90.8 Å². The number of anilines is 2. The van der Waals surface area contributed by atoms with Crippen LogP contribution in [0.25, 0.3) is 0 Å². The highest BCUT2D eigenvalue weighted by molar-refractivity contribution is 7.09. The summed E-state index contributed by atoms with van der Waals surface area (Å²) >= 11 is 1.56. The first-order valence-electron chi connectivity index (χ1n) is 4.42. The molecule has 0 radical (unpaired) electrons. The van der Waals surface area contributed by atoms with Crippen LogP contribution in [0.4, 0.5) is 15.8 Å². The summed E-state index contributed by atoms with van der Waals surface area (Å²) in [6.07, 6.45) is 1.79. The molecule has 0 atom stereocenters. The van der Waals surface area contributed by atoms with Gasteiger partial charge in [-0.3, -0.25) is 4.98 Å². The van der Waals surface area contributed by atoms with Crippen LogP contribution >= 0.6 is 11.3 Å². The first kappa shape index (κ1) is 9.92. The first-order valence-corrected chi connectivity index (χ1v) is 5.30. The van der Waals surface area contributed by atoms with Crippen molar-refractivity contribution in [3.05, 3.63) is 40.6 Å². The Hall–Kier alpha value is -1.62. The van der Waals surface area contributed by atoms with E-state index in [4.69, 9.17) is 5.73 Å². The molecular weight excluding hydrogens is 213 g/mol. The molecule has 1 heterocycles. The van der Waals surface area contributed by atoms with E-state index in [1.165, 1.54) is 12.1 Å². The van der Waals surface area contributed by atoms with Crippen LogP contribution in [0.2, 0.25) is 0 Å². The van der Waals surface area contributed by atoms with Crippen molar-refractivity contribution in [1.82, 2.24) is 4.98 Å². The van der Waals surface area contributed by atoms with Crippen LogP contribution in [-0.2, 0) is 6.54 Å². The molecule has 0 aliphatic carbocycles. The zero-order valence-electron chi connectivity index (χ0n) is 7.90. The van der Waals surface area contributed by atoms with Crippen molar-refractivity contribution in [3.8, 4) is 0 Å². The summed E-state index contributed by atoms with van der Waals surface area (Å²) in [5.74, 6) is -0.323. The van der Waals surface area contributed by atoms with Crippen molar-refractivity contribution in [2.75, 3.05) is 11.1 Å². The Balaban J connectivity index is 2.05. The number of thiazole rings is 1. The van der Waals surface area contributed by atoms with Crippen LogP contribution in [0, 0.1) is 5.82 Å². The summed E-state index contributed by atoms with van der Waals surface area (Å²) < 4.78 is 12.7. The van der Waals surface area contributed by atoms with Gasteiger partial charge in [0, 0.05) is 11.1 Å². The maximum Gasteiger partial charge on any atom is 0.125 e. The lowest BCUT2D eigenvalue weighted by Crippen LogP contribution is -2.01. The number of hydrogen-bond donors (Lipinski definition) is 2. The van der Waals surface area contributed by atoms with E-state index < -0.39 is 0 Å². The van der Waals surface area contributed by atoms with E-state index in [0.717, 1.165) is 10.6 Å². The number of rotatable bonds is 3. The van der Waals surface area contributed by atoms with Gasteiger partial charge in [-0.2, -0.15) is 0 Å². The summed E-state index contributed by atoms with van der Waals surface area (Å²) in [6, 6.07) is 4.31. The van der Waals surface area contributed by atoms with Crippen molar-refractivity contribution in [3.63, 3.8) is 0 Å². The van der Waals surface area contributed by atoms with Gasteiger partial charge < -0.3 is 11.1 Å². The Bertz CT molecular complexity index is 442. The Morgan fingerprint density at radius 2 is 2.33 bits per heavy atom. The second-order valence-electron chi connectivity index (χ2n) is 3.05. The number of nitrogens with one attached hydrogen (secondary N) is 1. The molecule has 0 spiro atoms. The van der Waals surface area contributed by atoms with Crippen LogP contribution < -0.4 is 11.1 Å². The number of aromatic nitrogens is 1. The van der Waals surface area contributed by atoms with E-state index in [-0.39, 0.29) is 5.82 Å². The third kappa shape index (κ3) is 2.44. The molecule has 3 N–H and O–H groups in total. The number of benzene rings is 1. The van der Waals surface area contributed by atoms with E-state index in [1.807, 2.05) is 0 Å². The molecule has 0 bridgehead atoms. The van der Waals surface area contributed by atoms with Gasteiger partial charge in [0.1, 0.15) is 5.82 Å². The predicted octanol–water partition coefficient (Wildman–Crippen LogP) is 2.48. The minimum Gasteiger partial charge on any atom is -0.397 e. The smallest absolute Gasteiger partial charge is 0.125 e. The molecule has 2 rings (SSSR count). The standard InChI is InChI=1S/C10H10FN3S/c11-7-1-2-10(9(12)3-7)14-5-8-4-13-6-15-8/h1-4,6,14H,5,12H2. The van der Waals surface area contributed by atoms with Crippen LogP contribution in [0.3, 0.4) is 0 Å². The molecule has 0 fully saturated rings. The molecule has 0 saturated carbocycles. The van der Waals surface area contributed by atoms with Crippen LogP contribution in [0.5, 0.6) is 0 Å². The predicted molar refractivity (Wildman–Crippen MR) is 60.3 cm³/mol. The maximum atomic E-state index is 12.7. The number of nitrogens with two attached hydrogens (primary N) is 1. The zero-order valence-corrected chi connectivity index (χ0v) is 8.72. The summed E-state index contributed by atoms with van der Waals surface area (Å²) in [6.45, 7) is 0.653. The van der Waals surface area contributed by atoms with Crippen LogP contribution in [0.15, 0.2) is 29.9 Å². The summed E-state index contributed by atoms with van der Waals surface area (Å²) in [5.41, 5.74) is 8.57. The van der Waals surface area contributed by atoms with E-state index in [9.17, 15) is 4.39 Å². The lowest BCUT2D eigenvalue weighted by Gasteiger charge is -2.07. The summed E-state index contributed by atoms with van der Waals surface area (Å²) in [7, 11) is 0. The van der Waals surface area contributed by atoms with Crippen molar-refractivity contribution in [1.29, 1.82) is 0 Å². The Morgan fingerprint density at radius 3 is 3.00 bits per heavy atom. The molecule has 0 aliphatic rings. The van der Waals surface area contributed by atoms with Gasteiger partial charge in [0.05, 0.1) is 23.4 Å². The van der Waals surface area contributed by atoms with Gasteiger partial charge in [0.2, 0.25) is 0 Å². The van der Waals surface area contributed by atoms with Gasteiger partial charge in [0.25, 0.3) is 0 Å². The minimum atomic E-state index is -0.323. The summed E-state index contributed by atoms with van der Waals surface area (Å²) in [4.78, 5) is 5.07. The summed E-state index contributed by atoms with van der Waals surface area (Å²) in [5, 5.41) is 3.12. The van der Waals surface area contributed by atoms with E-state index >= 15 is 0 Å². The Kier molecular flexibility index (Phi) is 2.82. The monoisotopic (exact) mass is 223 g/mol. The molecule has 0 aliphatic heterocycles. The zero-order chi connectivity index (χ0) is 10.7. The molecule has 0 unspecified atom stereocenters. The highest BCUT2D eigenvalue weighted by Gasteiger charge is 2.00. The molecule has 3 nitrogen and oxygen atoms in total. The second-order valence-corrected chi connectivity index (χ2v) is 4.02. The third-order valence-electron chi connectivity index (χ3n) is 1.95. The number of hydrogen-bond acceptors (Lipinski definition) is 4. The molecule has 2 aromatic rings. The van der Waals surface area contributed by atoms with E-state index in [2.05, 4.69) is 10.3 Å². The number of nitrogen functional groups attached to an aromatic ring is 1. The lowest BCUT2D eigenvalue weighted by molar-refractivity contribution is 0.628. The molecule has 1 aromatic heterocycles. The molecule has 0 amide bonds. The minimum absolute atomic E-state index is 0.323. The molecule has 5 heteroatoms. The van der Waals surface area contributed by atoms with Crippen LogP contribution in [0.1, 0.15) is 4.88 Å². The van der Waals surface area contributed by atoms with Gasteiger partial charge in [-0.1, -0.05) is 0 Å². The maximum absolute atomic E-state index is 12.7. The number of nitrogens with zero attached hydrogens (tertiary/aromatic N) is 1. The fourth-order valence-corrected chi connectivity index (χ4v) is 1.74. The lowest BCUT2D eigenvalue weighted by atomic mass is 10.2. The van der Waals surface area contributed by atoms with E-state index in [1.54, 1.807) is 29.1 Å². The molecule has 78 valence electrons. The third-order valence-corrected chi connectivity index (χ3v) is 2.73. The fourth-order valence-electron chi connectivity index (χ4n) is 1.21. The Morgan fingerprint density at radius 1 is 1.47 bits per heavy atom. The average molecular weight is 223 g/mol. The fraction of sp³-hybridized carbons (Fsp3) is 0.100. The van der Waals surface area contributed by atoms with Gasteiger partial charge in [-0.25, -0.2) is 4.39 Å². The molecule has 15 heavy (non-hydrogen) atoms. The van der Waals surface area contributed by atoms with E-state index in [0.29, 0.717) is 12.2 Å². The number of halogens is 1. The quantitative estimate of drug-likeness (QED) is 0.786. The SMILES string of the molecule is Nc1cc(F)ccc1NCc1cncs1.